The van der Waals surface area contributed by atoms with Gasteiger partial charge in [-0.25, -0.2) is 4.98 Å². The quantitative estimate of drug-likeness (QED) is 0.530. The summed E-state index contributed by atoms with van der Waals surface area (Å²) in [5.41, 5.74) is 5.53. The largest absolute Gasteiger partial charge is 0.496 e. The first kappa shape index (κ1) is 22.5. The molecule has 4 rings (SSSR count). The average Bonchev–Trinajstić information content (AvgIpc) is 3.47. The van der Waals surface area contributed by atoms with Crippen LogP contribution in [0.3, 0.4) is 0 Å². The van der Waals surface area contributed by atoms with E-state index >= 15 is 0 Å². The zero-order valence-corrected chi connectivity index (χ0v) is 19.9. The van der Waals surface area contributed by atoms with Gasteiger partial charge in [-0.1, -0.05) is 42.0 Å². The van der Waals surface area contributed by atoms with Crippen LogP contribution in [0, 0.1) is 13.8 Å². The Kier molecular flexibility index (Phi) is 7.22. The summed E-state index contributed by atoms with van der Waals surface area (Å²) < 4.78 is 5.60. The molecular formula is C26H31N3O2S. The van der Waals surface area contributed by atoms with Crippen LogP contribution in [0.1, 0.15) is 41.3 Å². The Morgan fingerprint density at radius 2 is 1.97 bits per heavy atom. The number of rotatable bonds is 8. The van der Waals surface area contributed by atoms with Gasteiger partial charge in [-0.3, -0.25) is 9.69 Å². The van der Waals surface area contributed by atoms with Crippen LogP contribution in [0.15, 0.2) is 47.8 Å². The van der Waals surface area contributed by atoms with Gasteiger partial charge < -0.3 is 10.1 Å². The molecule has 1 aliphatic heterocycles. The summed E-state index contributed by atoms with van der Waals surface area (Å²) in [5.74, 6) is 0.873. The lowest BCUT2D eigenvalue weighted by Gasteiger charge is -2.29. The molecule has 1 aliphatic rings. The van der Waals surface area contributed by atoms with Crippen LogP contribution >= 0.6 is 11.3 Å². The summed E-state index contributed by atoms with van der Waals surface area (Å²) >= 11 is 1.60. The Hall–Kier alpha value is -2.70. The molecule has 0 saturated carbocycles. The van der Waals surface area contributed by atoms with Crippen LogP contribution in [0.4, 0.5) is 0 Å². The minimum atomic E-state index is 0.00146. The number of ether oxygens (including phenoxy) is 1. The van der Waals surface area contributed by atoms with Crippen molar-refractivity contribution < 1.29 is 9.53 Å². The normalized spacial score (nSPS) is 15.0. The summed E-state index contributed by atoms with van der Waals surface area (Å²) in [5, 5.41) is 6.11. The number of aryl methyl sites for hydroxylation is 2. The number of hydrogen-bond acceptors (Lipinski definition) is 5. The van der Waals surface area contributed by atoms with Gasteiger partial charge in [0.2, 0.25) is 5.91 Å². The highest BCUT2D eigenvalue weighted by atomic mass is 32.1. The van der Waals surface area contributed by atoms with Crippen molar-refractivity contribution in [3.05, 3.63) is 70.2 Å². The molecule has 1 N–H and O–H groups in total. The van der Waals surface area contributed by atoms with Crippen molar-refractivity contribution in [2.75, 3.05) is 26.7 Å². The SMILES string of the molecule is COc1ccccc1[C@@H](CNC(=O)Cc1csc(-c2ccc(C)cc2C)n1)N1CCCC1. The highest BCUT2D eigenvalue weighted by Gasteiger charge is 2.26. The third kappa shape index (κ3) is 5.19. The van der Waals surface area contributed by atoms with Gasteiger partial charge in [0.25, 0.3) is 0 Å². The highest BCUT2D eigenvalue weighted by Crippen LogP contribution is 2.31. The van der Waals surface area contributed by atoms with Gasteiger partial charge in [0.1, 0.15) is 10.8 Å². The van der Waals surface area contributed by atoms with Crippen molar-refractivity contribution in [1.82, 2.24) is 15.2 Å². The van der Waals surface area contributed by atoms with Gasteiger partial charge in [-0.2, -0.15) is 0 Å². The fourth-order valence-electron chi connectivity index (χ4n) is 4.43. The molecule has 0 unspecified atom stereocenters. The number of carbonyl (C=O) groups is 1. The second-order valence-electron chi connectivity index (χ2n) is 8.44. The molecule has 168 valence electrons. The third-order valence-electron chi connectivity index (χ3n) is 6.08. The predicted octanol–water partition coefficient (Wildman–Crippen LogP) is 4.93. The minimum absolute atomic E-state index is 0.00146. The van der Waals surface area contributed by atoms with E-state index in [1.54, 1.807) is 18.4 Å². The van der Waals surface area contributed by atoms with E-state index in [1.165, 1.54) is 24.0 Å². The summed E-state index contributed by atoms with van der Waals surface area (Å²) in [4.78, 5) is 20.0. The maximum atomic E-state index is 12.8. The van der Waals surface area contributed by atoms with E-state index in [2.05, 4.69) is 48.3 Å². The van der Waals surface area contributed by atoms with E-state index in [-0.39, 0.29) is 11.9 Å². The number of nitrogens with zero attached hydrogens (tertiary/aromatic N) is 2. The molecule has 1 fully saturated rings. The third-order valence-corrected chi connectivity index (χ3v) is 7.00. The number of nitrogens with one attached hydrogen (secondary N) is 1. The van der Waals surface area contributed by atoms with Crippen LogP contribution < -0.4 is 10.1 Å². The maximum Gasteiger partial charge on any atom is 0.226 e. The minimum Gasteiger partial charge on any atom is -0.496 e. The molecule has 1 aromatic heterocycles. The topological polar surface area (TPSA) is 54.5 Å². The molecule has 2 aromatic carbocycles. The fraction of sp³-hybridized carbons (Fsp3) is 0.385. The van der Waals surface area contributed by atoms with E-state index in [9.17, 15) is 4.79 Å². The number of amides is 1. The molecule has 0 bridgehead atoms. The van der Waals surface area contributed by atoms with Crippen LogP contribution in [-0.2, 0) is 11.2 Å². The van der Waals surface area contributed by atoms with E-state index in [0.29, 0.717) is 13.0 Å². The Bertz CT molecular complexity index is 1070. The van der Waals surface area contributed by atoms with Crippen molar-refractivity contribution in [3.63, 3.8) is 0 Å². The number of hydrogen-bond donors (Lipinski definition) is 1. The zero-order valence-electron chi connectivity index (χ0n) is 19.1. The first-order valence-electron chi connectivity index (χ1n) is 11.2. The molecule has 1 amide bonds. The van der Waals surface area contributed by atoms with Crippen molar-refractivity contribution >= 4 is 17.2 Å². The molecule has 5 nitrogen and oxygen atoms in total. The molecule has 0 radical (unpaired) electrons. The Balaban J connectivity index is 1.42. The second-order valence-corrected chi connectivity index (χ2v) is 9.30. The van der Waals surface area contributed by atoms with Crippen LogP contribution in [0.25, 0.3) is 10.6 Å². The number of benzene rings is 2. The molecule has 3 aromatic rings. The lowest BCUT2D eigenvalue weighted by atomic mass is 10.0. The van der Waals surface area contributed by atoms with Crippen LogP contribution in [0.2, 0.25) is 0 Å². The first-order chi connectivity index (χ1) is 15.5. The Morgan fingerprint density at radius 1 is 1.19 bits per heavy atom. The molecule has 0 aliphatic carbocycles. The van der Waals surface area contributed by atoms with Crippen molar-refractivity contribution in [2.45, 2.75) is 39.2 Å². The number of thiazole rings is 1. The highest BCUT2D eigenvalue weighted by molar-refractivity contribution is 7.13. The lowest BCUT2D eigenvalue weighted by molar-refractivity contribution is -0.120. The lowest BCUT2D eigenvalue weighted by Crippen LogP contribution is -2.37. The van der Waals surface area contributed by atoms with Gasteiger partial charge in [0.15, 0.2) is 0 Å². The molecule has 2 heterocycles. The smallest absolute Gasteiger partial charge is 0.226 e. The molecule has 6 heteroatoms. The molecular weight excluding hydrogens is 418 g/mol. The van der Waals surface area contributed by atoms with E-state index in [0.717, 1.165) is 40.7 Å². The first-order valence-corrected chi connectivity index (χ1v) is 12.1. The van der Waals surface area contributed by atoms with E-state index < -0.39 is 0 Å². The van der Waals surface area contributed by atoms with Gasteiger partial charge in [0.05, 0.1) is 25.3 Å². The molecule has 32 heavy (non-hydrogen) atoms. The standard InChI is InChI=1S/C26H31N3O2S/c1-18-10-11-21(19(2)14-18)26-28-20(17-32-26)15-25(30)27-16-23(29-12-6-7-13-29)22-8-4-5-9-24(22)31-3/h4-5,8-11,14,17,23H,6-7,12-13,15-16H2,1-3H3,(H,27,30)/t23-/m1/s1. The monoisotopic (exact) mass is 449 g/mol. The van der Waals surface area contributed by atoms with Gasteiger partial charge >= 0.3 is 0 Å². The van der Waals surface area contributed by atoms with Crippen molar-refractivity contribution in [3.8, 4) is 16.3 Å². The number of aromatic nitrogens is 1. The van der Waals surface area contributed by atoms with Crippen LogP contribution in [0.5, 0.6) is 5.75 Å². The fourth-order valence-corrected chi connectivity index (χ4v) is 5.34. The molecule has 1 saturated heterocycles. The molecule has 0 spiro atoms. The Morgan fingerprint density at radius 3 is 2.72 bits per heavy atom. The van der Waals surface area contributed by atoms with Crippen molar-refractivity contribution in [2.24, 2.45) is 0 Å². The summed E-state index contributed by atoms with van der Waals surface area (Å²) in [6, 6.07) is 14.6. The maximum absolute atomic E-state index is 12.8. The second kappa shape index (κ2) is 10.3. The van der Waals surface area contributed by atoms with E-state index in [1.807, 2.05) is 23.6 Å². The predicted molar refractivity (Wildman–Crippen MR) is 130 cm³/mol. The average molecular weight is 450 g/mol. The summed E-state index contributed by atoms with van der Waals surface area (Å²) in [7, 11) is 1.70. The number of methoxy groups -OCH3 is 1. The van der Waals surface area contributed by atoms with Crippen LogP contribution in [-0.4, -0.2) is 42.5 Å². The zero-order chi connectivity index (χ0) is 22.5. The number of carbonyl (C=O) groups excluding carboxylic acids is 1. The van der Waals surface area contributed by atoms with Gasteiger partial charge in [-0.05, 0) is 51.4 Å². The summed E-state index contributed by atoms with van der Waals surface area (Å²) in [6.45, 7) is 6.85. The van der Waals surface area contributed by atoms with Gasteiger partial charge in [0, 0.05) is 23.1 Å². The summed E-state index contributed by atoms with van der Waals surface area (Å²) in [6.07, 6.45) is 2.68. The molecule has 1 atom stereocenters. The van der Waals surface area contributed by atoms with Crippen molar-refractivity contribution in [1.29, 1.82) is 0 Å². The van der Waals surface area contributed by atoms with E-state index in [4.69, 9.17) is 9.72 Å². The Labute approximate surface area is 194 Å². The number of para-hydroxylation sites is 1. The van der Waals surface area contributed by atoms with Gasteiger partial charge in [-0.15, -0.1) is 11.3 Å². The number of likely N-dealkylation sites (tertiary alicyclic amines) is 1.